The number of carbonyl (C=O) groups is 3. The summed E-state index contributed by atoms with van der Waals surface area (Å²) in [5.74, 6) is -1.66. The predicted octanol–water partition coefficient (Wildman–Crippen LogP) is 2.77. The fourth-order valence-electron chi connectivity index (χ4n) is 1.90. The molecule has 5 nitrogen and oxygen atoms in total. The summed E-state index contributed by atoms with van der Waals surface area (Å²) in [4.78, 5) is 35.1. The maximum Gasteiger partial charge on any atom is 0.314 e. The molecule has 2 N–H and O–H groups in total. The van der Waals surface area contributed by atoms with Crippen LogP contribution in [0.25, 0.3) is 0 Å². The summed E-state index contributed by atoms with van der Waals surface area (Å²) < 4.78 is 0. The Bertz CT molecular complexity index is 738. The summed E-state index contributed by atoms with van der Waals surface area (Å²) in [6.07, 6.45) is 0. The van der Waals surface area contributed by atoms with E-state index >= 15 is 0 Å². The van der Waals surface area contributed by atoms with E-state index in [1.807, 2.05) is 19.1 Å². The second-order valence-electron chi connectivity index (χ2n) is 4.86. The number of para-hydroxylation sites is 1. The molecule has 0 fully saturated rings. The Balaban J connectivity index is 2.06. The highest BCUT2D eigenvalue weighted by atomic mass is 16.2. The zero-order valence-electron chi connectivity index (χ0n) is 12.3. The zero-order valence-corrected chi connectivity index (χ0v) is 12.3. The molecule has 0 spiro atoms. The van der Waals surface area contributed by atoms with Crippen molar-refractivity contribution in [2.45, 2.75) is 13.8 Å². The Morgan fingerprint density at radius 3 is 2.23 bits per heavy atom. The van der Waals surface area contributed by atoms with Gasteiger partial charge in [0.05, 0.1) is 0 Å². The van der Waals surface area contributed by atoms with Gasteiger partial charge in [0.15, 0.2) is 5.78 Å². The molecule has 112 valence electrons. The monoisotopic (exact) mass is 296 g/mol. The Kier molecular flexibility index (Phi) is 4.68. The largest absolute Gasteiger partial charge is 0.318 e. The molecule has 0 aromatic heterocycles. The predicted molar refractivity (Wildman–Crippen MR) is 84.9 cm³/mol. The summed E-state index contributed by atoms with van der Waals surface area (Å²) in [5, 5.41) is 5.02. The van der Waals surface area contributed by atoms with Gasteiger partial charge in [0.2, 0.25) is 0 Å². The van der Waals surface area contributed by atoms with Crippen LogP contribution in [0, 0.1) is 6.92 Å². The lowest BCUT2D eigenvalue weighted by Crippen LogP contribution is -2.29. The molecule has 0 aliphatic carbocycles. The van der Waals surface area contributed by atoms with Crippen LogP contribution in [0.5, 0.6) is 0 Å². The van der Waals surface area contributed by atoms with Gasteiger partial charge in [0, 0.05) is 16.9 Å². The first-order valence-electron chi connectivity index (χ1n) is 6.76. The number of hydrogen-bond acceptors (Lipinski definition) is 3. The van der Waals surface area contributed by atoms with Crippen LogP contribution in [0.4, 0.5) is 11.4 Å². The van der Waals surface area contributed by atoms with Crippen molar-refractivity contribution in [3.8, 4) is 0 Å². The van der Waals surface area contributed by atoms with Crippen molar-refractivity contribution >= 4 is 29.0 Å². The molecule has 0 heterocycles. The van der Waals surface area contributed by atoms with Gasteiger partial charge in [-0.05, 0) is 37.6 Å². The van der Waals surface area contributed by atoms with Crippen LogP contribution in [-0.4, -0.2) is 17.6 Å². The first-order valence-corrected chi connectivity index (χ1v) is 6.76. The standard InChI is InChI=1S/C17H16N2O3/c1-11-6-3-4-9-15(11)19-17(22)16(21)18-14-8-5-7-13(10-14)12(2)20/h3-10H,1-2H3,(H,18,21)(H,19,22). The molecule has 2 aromatic rings. The third-order valence-electron chi connectivity index (χ3n) is 3.13. The maximum absolute atomic E-state index is 11.9. The van der Waals surface area contributed by atoms with E-state index in [4.69, 9.17) is 0 Å². The quantitative estimate of drug-likeness (QED) is 0.675. The van der Waals surface area contributed by atoms with Gasteiger partial charge in [-0.1, -0.05) is 30.3 Å². The summed E-state index contributed by atoms with van der Waals surface area (Å²) >= 11 is 0. The number of carbonyl (C=O) groups excluding carboxylic acids is 3. The van der Waals surface area contributed by atoms with Crippen molar-refractivity contribution in [2.24, 2.45) is 0 Å². The molecule has 2 aromatic carbocycles. The molecule has 22 heavy (non-hydrogen) atoms. The Hall–Kier alpha value is -2.95. The van der Waals surface area contributed by atoms with Crippen molar-refractivity contribution < 1.29 is 14.4 Å². The van der Waals surface area contributed by atoms with Crippen LogP contribution >= 0.6 is 0 Å². The van der Waals surface area contributed by atoms with Crippen molar-refractivity contribution in [1.82, 2.24) is 0 Å². The second kappa shape index (κ2) is 6.67. The Morgan fingerprint density at radius 1 is 0.864 bits per heavy atom. The molecular formula is C17H16N2O3. The molecule has 0 aliphatic heterocycles. The van der Waals surface area contributed by atoms with E-state index in [9.17, 15) is 14.4 Å². The lowest BCUT2D eigenvalue weighted by molar-refractivity contribution is -0.133. The van der Waals surface area contributed by atoms with Crippen LogP contribution in [0.1, 0.15) is 22.8 Å². The molecule has 2 rings (SSSR count). The number of rotatable bonds is 3. The molecule has 0 aliphatic rings. The number of nitrogens with one attached hydrogen (secondary N) is 2. The normalized spacial score (nSPS) is 9.91. The number of hydrogen-bond donors (Lipinski definition) is 2. The molecule has 0 atom stereocenters. The van der Waals surface area contributed by atoms with Gasteiger partial charge in [-0.25, -0.2) is 0 Å². The van der Waals surface area contributed by atoms with E-state index in [2.05, 4.69) is 10.6 Å². The number of aryl methyl sites for hydroxylation is 1. The number of amides is 2. The minimum Gasteiger partial charge on any atom is -0.318 e. The number of benzene rings is 2. The van der Waals surface area contributed by atoms with Gasteiger partial charge in [0.25, 0.3) is 0 Å². The highest BCUT2D eigenvalue weighted by Crippen LogP contribution is 2.14. The van der Waals surface area contributed by atoms with Gasteiger partial charge in [-0.15, -0.1) is 0 Å². The van der Waals surface area contributed by atoms with Gasteiger partial charge < -0.3 is 10.6 Å². The molecule has 5 heteroatoms. The number of ketones is 1. The molecule has 0 unspecified atom stereocenters. The van der Waals surface area contributed by atoms with E-state index < -0.39 is 11.8 Å². The van der Waals surface area contributed by atoms with Crippen LogP contribution in [0.2, 0.25) is 0 Å². The number of anilines is 2. The Morgan fingerprint density at radius 2 is 1.55 bits per heavy atom. The minimum absolute atomic E-state index is 0.111. The summed E-state index contributed by atoms with van der Waals surface area (Å²) in [7, 11) is 0. The van der Waals surface area contributed by atoms with E-state index in [1.54, 1.807) is 30.3 Å². The van der Waals surface area contributed by atoms with Crippen molar-refractivity contribution in [2.75, 3.05) is 10.6 Å². The fourth-order valence-corrected chi connectivity index (χ4v) is 1.90. The molecular weight excluding hydrogens is 280 g/mol. The minimum atomic E-state index is -0.788. The smallest absolute Gasteiger partial charge is 0.314 e. The average molecular weight is 296 g/mol. The van der Waals surface area contributed by atoms with Crippen LogP contribution < -0.4 is 10.6 Å². The summed E-state index contributed by atoms with van der Waals surface area (Å²) in [5.41, 5.74) is 2.32. The molecule has 0 saturated heterocycles. The molecule has 0 saturated carbocycles. The van der Waals surface area contributed by atoms with Crippen LogP contribution in [0.15, 0.2) is 48.5 Å². The van der Waals surface area contributed by atoms with E-state index in [0.29, 0.717) is 16.9 Å². The Labute approximate surface area is 128 Å². The van der Waals surface area contributed by atoms with Gasteiger partial charge in [-0.3, -0.25) is 14.4 Å². The third kappa shape index (κ3) is 3.79. The summed E-state index contributed by atoms with van der Waals surface area (Å²) in [6.45, 7) is 3.27. The lowest BCUT2D eigenvalue weighted by Gasteiger charge is -2.09. The van der Waals surface area contributed by atoms with Crippen LogP contribution in [0.3, 0.4) is 0 Å². The van der Waals surface area contributed by atoms with Crippen molar-refractivity contribution in [1.29, 1.82) is 0 Å². The van der Waals surface area contributed by atoms with E-state index in [1.165, 1.54) is 13.0 Å². The lowest BCUT2D eigenvalue weighted by atomic mass is 10.1. The van der Waals surface area contributed by atoms with Gasteiger partial charge in [0.1, 0.15) is 0 Å². The maximum atomic E-state index is 11.9. The number of Topliss-reactive ketones (excluding diaryl/α,β-unsaturated/α-hetero) is 1. The first-order chi connectivity index (χ1) is 10.5. The highest BCUT2D eigenvalue weighted by Gasteiger charge is 2.15. The van der Waals surface area contributed by atoms with Gasteiger partial charge in [-0.2, -0.15) is 0 Å². The summed E-state index contributed by atoms with van der Waals surface area (Å²) in [6, 6.07) is 13.6. The average Bonchev–Trinajstić information content (AvgIpc) is 2.49. The van der Waals surface area contributed by atoms with E-state index in [-0.39, 0.29) is 5.78 Å². The van der Waals surface area contributed by atoms with E-state index in [0.717, 1.165) is 5.56 Å². The van der Waals surface area contributed by atoms with Gasteiger partial charge >= 0.3 is 11.8 Å². The fraction of sp³-hybridized carbons (Fsp3) is 0.118. The second-order valence-corrected chi connectivity index (χ2v) is 4.86. The molecule has 0 radical (unpaired) electrons. The highest BCUT2D eigenvalue weighted by molar-refractivity contribution is 6.43. The van der Waals surface area contributed by atoms with Crippen molar-refractivity contribution in [3.63, 3.8) is 0 Å². The molecule has 2 amide bonds. The topological polar surface area (TPSA) is 75.3 Å². The first kappa shape index (κ1) is 15.4. The third-order valence-corrected chi connectivity index (χ3v) is 3.13. The molecule has 0 bridgehead atoms. The van der Waals surface area contributed by atoms with Crippen LogP contribution in [-0.2, 0) is 9.59 Å². The zero-order chi connectivity index (χ0) is 16.1. The van der Waals surface area contributed by atoms with Crippen molar-refractivity contribution in [3.05, 3.63) is 59.7 Å². The SMILES string of the molecule is CC(=O)c1cccc(NC(=O)C(=O)Nc2ccccc2C)c1.